The SMILES string of the molecule is COCCOCc1cc(/C(N)=N/O)ccc1OC. The van der Waals surface area contributed by atoms with Gasteiger partial charge < -0.3 is 25.2 Å². The van der Waals surface area contributed by atoms with Crippen LogP contribution in [0.15, 0.2) is 23.4 Å². The number of ether oxygens (including phenoxy) is 3. The third-order valence-corrected chi connectivity index (χ3v) is 2.37. The number of methoxy groups -OCH3 is 2. The number of rotatable bonds is 7. The van der Waals surface area contributed by atoms with Gasteiger partial charge >= 0.3 is 0 Å². The van der Waals surface area contributed by atoms with Gasteiger partial charge in [0.1, 0.15) is 5.75 Å². The largest absolute Gasteiger partial charge is 0.496 e. The van der Waals surface area contributed by atoms with Crippen molar-refractivity contribution >= 4 is 5.84 Å². The van der Waals surface area contributed by atoms with Crippen LogP contribution in [0.1, 0.15) is 11.1 Å². The van der Waals surface area contributed by atoms with E-state index in [1.165, 1.54) is 0 Å². The minimum Gasteiger partial charge on any atom is -0.496 e. The van der Waals surface area contributed by atoms with Crippen molar-refractivity contribution in [3.05, 3.63) is 29.3 Å². The van der Waals surface area contributed by atoms with Crippen LogP contribution >= 0.6 is 0 Å². The van der Waals surface area contributed by atoms with E-state index in [1.54, 1.807) is 32.4 Å². The number of oxime groups is 1. The van der Waals surface area contributed by atoms with Gasteiger partial charge in [0.05, 0.1) is 26.9 Å². The third-order valence-electron chi connectivity index (χ3n) is 2.37. The summed E-state index contributed by atoms with van der Waals surface area (Å²) in [4.78, 5) is 0. The van der Waals surface area contributed by atoms with Crippen LogP contribution in [-0.4, -0.2) is 38.5 Å². The van der Waals surface area contributed by atoms with Crippen LogP contribution in [0, 0.1) is 0 Å². The lowest BCUT2D eigenvalue weighted by molar-refractivity contribution is 0.0608. The van der Waals surface area contributed by atoms with E-state index in [1.807, 2.05) is 0 Å². The van der Waals surface area contributed by atoms with E-state index < -0.39 is 0 Å². The minimum atomic E-state index is 0.0517. The van der Waals surface area contributed by atoms with Gasteiger partial charge in [-0.1, -0.05) is 5.16 Å². The summed E-state index contributed by atoms with van der Waals surface area (Å²) in [6, 6.07) is 5.23. The first-order valence-electron chi connectivity index (χ1n) is 5.44. The molecule has 0 saturated carbocycles. The van der Waals surface area contributed by atoms with Crippen LogP contribution in [0.3, 0.4) is 0 Å². The Labute approximate surface area is 106 Å². The minimum absolute atomic E-state index is 0.0517. The second-order valence-corrected chi connectivity index (χ2v) is 3.56. The van der Waals surface area contributed by atoms with Crippen molar-refractivity contribution in [3.8, 4) is 5.75 Å². The summed E-state index contributed by atoms with van der Waals surface area (Å²) in [5.74, 6) is 0.748. The molecular weight excluding hydrogens is 236 g/mol. The number of hydrogen-bond acceptors (Lipinski definition) is 5. The number of amidine groups is 1. The van der Waals surface area contributed by atoms with E-state index >= 15 is 0 Å². The van der Waals surface area contributed by atoms with Gasteiger partial charge in [-0.25, -0.2) is 0 Å². The first kappa shape index (κ1) is 14.3. The molecular formula is C12H18N2O4. The zero-order chi connectivity index (χ0) is 13.4. The molecule has 0 aromatic heterocycles. The summed E-state index contributed by atoms with van der Waals surface area (Å²) < 4.78 is 15.5. The van der Waals surface area contributed by atoms with E-state index in [0.717, 1.165) is 5.56 Å². The first-order chi connectivity index (χ1) is 8.72. The van der Waals surface area contributed by atoms with Gasteiger partial charge in [0, 0.05) is 18.2 Å². The Hall–Kier alpha value is -1.79. The highest BCUT2D eigenvalue weighted by Gasteiger charge is 2.07. The van der Waals surface area contributed by atoms with Crippen LogP contribution in [0.4, 0.5) is 0 Å². The predicted molar refractivity (Wildman–Crippen MR) is 67.0 cm³/mol. The zero-order valence-electron chi connectivity index (χ0n) is 10.5. The van der Waals surface area contributed by atoms with Crippen molar-refractivity contribution in [1.82, 2.24) is 0 Å². The Bertz CT molecular complexity index is 407. The fourth-order valence-corrected chi connectivity index (χ4v) is 1.43. The molecule has 0 atom stereocenters. The average Bonchev–Trinajstić information content (AvgIpc) is 2.42. The lowest BCUT2D eigenvalue weighted by Gasteiger charge is -2.10. The van der Waals surface area contributed by atoms with Gasteiger partial charge in [0.25, 0.3) is 0 Å². The lowest BCUT2D eigenvalue weighted by atomic mass is 10.1. The summed E-state index contributed by atoms with van der Waals surface area (Å²) in [5, 5.41) is 11.6. The number of benzene rings is 1. The average molecular weight is 254 g/mol. The summed E-state index contributed by atoms with van der Waals surface area (Å²) in [6.07, 6.45) is 0. The van der Waals surface area contributed by atoms with Gasteiger partial charge in [-0.3, -0.25) is 0 Å². The fraction of sp³-hybridized carbons (Fsp3) is 0.417. The molecule has 0 amide bonds. The molecule has 0 aliphatic heterocycles. The molecule has 0 bridgehead atoms. The van der Waals surface area contributed by atoms with Crippen LogP contribution < -0.4 is 10.5 Å². The Morgan fingerprint density at radius 3 is 2.72 bits per heavy atom. The highest BCUT2D eigenvalue weighted by molar-refractivity contribution is 5.97. The van der Waals surface area contributed by atoms with Crippen molar-refractivity contribution in [2.75, 3.05) is 27.4 Å². The zero-order valence-corrected chi connectivity index (χ0v) is 10.5. The molecule has 6 heteroatoms. The smallest absolute Gasteiger partial charge is 0.170 e. The molecule has 3 N–H and O–H groups in total. The monoisotopic (exact) mass is 254 g/mol. The second kappa shape index (κ2) is 7.52. The fourth-order valence-electron chi connectivity index (χ4n) is 1.43. The van der Waals surface area contributed by atoms with Crippen molar-refractivity contribution in [3.63, 3.8) is 0 Å². The Kier molecular flexibility index (Phi) is 5.96. The standard InChI is InChI=1S/C12H18N2O4/c1-16-5-6-18-8-10-7-9(12(13)14-15)3-4-11(10)17-2/h3-4,7,15H,5-6,8H2,1-2H3,(H2,13,14). The van der Waals surface area contributed by atoms with Gasteiger partial charge in [0.2, 0.25) is 0 Å². The molecule has 100 valence electrons. The highest BCUT2D eigenvalue weighted by atomic mass is 16.5. The quantitative estimate of drug-likeness (QED) is 0.249. The molecule has 1 aromatic carbocycles. The molecule has 0 aliphatic rings. The highest BCUT2D eigenvalue weighted by Crippen LogP contribution is 2.20. The molecule has 0 radical (unpaired) electrons. The maximum atomic E-state index is 8.64. The van der Waals surface area contributed by atoms with E-state index in [-0.39, 0.29) is 5.84 Å². The molecule has 6 nitrogen and oxygen atoms in total. The van der Waals surface area contributed by atoms with E-state index in [2.05, 4.69) is 5.16 Å². The first-order valence-corrected chi connectivity index (χ1v) is 5.44. The Balaban J connectivity index is 2.79. The molecule has 0 spiro atoms. The van der Waals surface area contributed by atoms with Crippen molar-refractivity contribution in [2.45, 2.75) is 6.61 Å². The molecule has 0 aliphatic carbocycles. The second-order valence-electron chi connectivity index (χ2n) is 3.56. The molecule has 0 unspecified atom stereocenters. The normalized spacial score (nSPS) is 11.6. The number of nitrogens with zero attached hydrogens (tertiary/aromatic N) is 1. The topological polar surface area (TPSA) is 86.3 Å². The third kappa shape index (κ3) is 3.90. The predicted octanol–water partition coefficient (Wildman–Crippen LogP) is 0.953. The van der Waals surface area contributed by atoms with Crippen LogP contribution in [0.5, 0.6) is 5.75 Å². The molecule has 0 heterocycles. The molecule has 0 saturated heterocycles. The van der Waals surface area contributed by atoms with Gasteiger partial charge in [-0.05, 0) is 18.2 Å². The lowest BCUT2D eigenvalue weighted by Crippen LogP contribution is -2.13. The van der Waals surface area contributed by atoms with Gasteiger partial charge in [0.15, 0.2) is 5.84 Å². The maximum absolute atomic E-state index is 8.64. The van der Waals surface area contributed by atoms with Crippen LogP contribution in [-0.2, 0) is 16.1 Å². The van der Waals surface area contributed by atoms with Crippen LogP contribution in [0.2, 0.25) is 0 Å². The van der Waals surface area contributed by atoms with Crippen molar-refractivity contribution in [2.24, 2.45) is 10.9 Å². The van der Waals surface area contributed by atoms with E-state index in [4.69, 9.17) is 25.2 Å². The van der Waals surface area contributed by atoms with Crippen molar-refractivity contribution < 1.29 is 19.4 Å². The molecule has 18 heavy (non-hydrogen) atoms. The number of hydrogen-bond donors (Lipinski definition) is 2. The van der Waals surface area contributed by atoms with E-state index in [0.29, 0.717) is 31.1 Å². The summed E-state index contributed by atoms with van der Waals surface area (Å²) in [6.45, 7) is 1.40. The molecule has 0 fully saturated rings. The number of nitrogens with two attached hydrogens (primary N) is 1. The summed E-state index contributed by atoms with van der Waals surface area (Å²) >= 11 is 0. The van der Waals surface area contributed by atoms with Gasteiger partial charge in [-0.2, -0.15) is 0 Å². The summed E-state index contributed by atoms with van der Waals surface area (Å²) in [5.41, 5.74) is 6.98. The van der Waals surface area contributed by atoms with Crippen molar-refractivity contribution in [1.29, 1.82) is 0 Å². The molecule has 1 aromatic rings. The molecule has 1 rings (SSSR count). The van der Waals surface area contributed by atoms with Gasteiger partial charge in [-0.15, -0.1) is 0 Å². The maximum Gasteiger partial charge on any atom is 0.170 e. The Morgan fingerprint density at radius 1 is 1.33 bits per heavy atom. The summed E-state index contributed by atoms with van der Waals surface area (Å²) in [7, 11) is 3.19. The Morgan fingerprint density at radius 2 is 2.11 bits per heavy atom. The van der Waals surface area contributed by atoms with E-state index in [9.17, 15) is 0 Å². The van der Waals surface area contributed by atoms with Crippen LogP contribution in [0.25, 0.3) is 0 Å².